The first-order valence-electron chi connectivity index (χ1n) is 6.73. The zero-order chi connectivity index (χ0) is 11.8. The number of aryl methyl sites for hydroxylation is 1. The van der Waals surface area contributed by atoms with Crippen molar-refractivity contribution in [1.29, 1.82) is 0 Å². The van der Waals surface area contributed by atoms with E-state index in [1.807, 2.05) is 0 Å². The van der Waals surface area contributed by atoms with Crippen molar-refractivity contribution in [2.24, 2.45) is 0 Å². The zero-order valence-corrected chi connectivity index (χ0v) is 10.9. The number of hydrogen-bond acceptors (Lipinski definition) is 2. The van der Waals surface area contributed by atoms with Crippen LogP contribution in [0.4, 0.5) is 0 Å². The highest BCUT2D eigenvalue weighted by atomic mass is 15.2. The van der Waals surface area contributed by atoms with E-state index in [2.05, 4.69) is 42.0 Å². The summed E-state index contributed by atoms with van der Waals surface area (Å²) in [6.07, 6.45) is 2.67. The molecule has 1 aromatic carbocycles. The van der Waals surface area contributed by atoms with Crippen LogP contribution in [0.25, 0.3) is 0 Å². The van der Waals surface area contributed by atoms with Crippen molar-refractivity contribution < 1.29 is 0 Å². The van der Waals surface area contributed by atoms with Crippen molar-refractivity contribution in [2.45, 2.75) is 38.9 Å². The second kappa shape index (κ2) is 4.43. The molecule has 2 heterocycles. The van der Waals surface area contributed by atoms with Crippen LogP contribution in [-0.4, -0.2) is 36.0 Å². The molecule has 2 aliphatic heterocycles. The normalized spacial score (nSPS) is 22.9. The second-order valence-corrected chi connectivity index (χ2v) is 5.71. The maximum atomic E-state index is 2.68. The number of benzene rings is 1. The summed E-state index contributed by atoms with van der Waals surface area (Å²) in [5, 5.41) is 0. The Bertz CT molecular complexity index is 405. The van der Waals surface area contributed by atoms with Gasteiger partial charge in [-0.3, -0.25) is 4.90 Å². The summed E-state index contributed by atoms with van der Waals surface area (Å²) in [5.41, 5.74) is 4.51. The Hall–Kier alpha value is -0.860. The van der Waals surface area contributed by atoms with E-state index in [4.69, 9.17) is 0 Å². The summed E-state index contributed by atoms with van der Waals surface area (Å²) >= 11 is 0. The van der Waals surface area contributed by atoms with E-state index in [1.165, 1.54) is 44.6 Å². The van der Waals surface area contributed by atoms with Gasteiger partial charge >= 0.3 is 0 Å². The van der Waals surface area contributed by atoms with Crippen LogP contribution in [0.2, 0.25) is 0 Å². The molecule has 0 saturated carbocycles. The van der Waals surface area contributed by atoms with E-state index in [0.29, 0.717) is 0 Å². The van der Waals surface area contributed by atoms with Gasteiger partial charge in [0.05, 0.1) is 0 Å². The van der Waals surface area contributed by atoms with Gasteiger partial charge in [0.25, 0.3) is 0 Å². The first-order chi connectivity index (χ1) is 8.22. The topological polar surface area (TPSA) is 6.48 Å². The molecule has 0 bridgehead atoms. The van der Waals surface area contributed by atoms with Crippen LogP contribution in [0.3, 0.4) is 0 Å². The molecule has 2 aliphatic rings. The quantitative estimate of drug-likeness (QED) is 0.731. The summed E-state index contributed by atoms with van der Waals surface area (Å²) in [4.78, 5) is 5.13. The Morgan fingerprint density at radius 1 is 1.06 bits per heavy atom. The van der Waals surface area contributed by atoms with Gasteiger partial charge in [0.15, 0.2) is 0 Å². The van der Waals surface area contributed by atoms with Crippen molar-refractivity contribution in [2.75, 3.05) is 20.1 Å². The SMILES string of the molecule is Cc1ccc2c(c1)CN(C1CCN(C)CC1)C2. The molecule has 17 heavy (non-hydrogen) atoms. The van der Waals surface area contributed by atoms with Gasteiger partial charge in [-0.15, -0.1) is 0 Å². The second-order valence-electron chi connectivity index (χ2n) is 5.71. The minimum absolute atomic E-state index is 0.805. The fourth-order valence-electron chi connectivity index (χ4n) is 3.17. The molecule has 0 unspecified atom stereocenters. The van der Waals surface area contributed by atoms with Crippen LogP contribution in [0.1, 0.15) is 29.5 Å². The molecule has 0 aromatic heterocycles. The number of piperidine rings is 1. The summed E-state index contributed by atoms with van der Waals surface area (Å²) in [5.74, 6) is 0. The van der Waals surface area contributed by atoms with Crippen molar-refractivity contribution in [3.05, 3.63) is 34.9 Å². The average molecular weight is 230 g/mol. The van der Waals surface area contributed by atoms with Gasteiger partial charge in [0, 0.05) is 19.1 Å². The van der Waals surface area contributed by atoms with E-state index in [9.17, 15) is 0 Å². The van der Waals surface area contributed by atoms with Crippen molar-refractivity contribution >= 4 is 0 Å². The van der Waals surface area contributed by atoms with Crippen LogP contribution in [0, 0.1) is 6.92 Å². The maximum absolute atomic E-state index is 2.68. The van der Waals surface area contributed by atoms with E-state index in [0.717, 1.165) is 6.04 Å². The first-order valence-corrected chi connectivity index (χ1v) is 6.73. The molecule has 1 saturated heterocycles. The molecule has 0 aliphatic carbocycles. The van der Waals surface area contributed by atoms with Crippen LogP contribution < -0.4 is 0 Å². The predicted octanol–water partition coefficient (Wildman–Crippen LogP) is 2.40. The smallest absolute Gasteiger partial charge is 0.0243 e. The molecule has 2 nitrogen and oxygen atoms in total. The van der Waals surface area contributed by atoms with Gasteiger partial charge < -0.3 is 4.90 Å². The summed E-state index contributed by atoms with van der Waals surface area (Å²) in [7, 11) is 2.23. The molecular weight excluding hydrogens is 208 g/mol. The van der Waals surface area contributed by atoms with Crippen LogP contribution in [0.5, 0.6) is 0 Å². The lowest BCUT2D eigenvalue weighted by Crippen LogP contribution is -2.41. The van der Waals surface area contributed by atoms with Gasteiger partial charge in [-0.1, -0.05) is 23.8 Å². The highest BCUT2D eigenvalue weighted by Crippen LogP contribution is 2.28. The first kappa shape index (κ1) is 11.2. The summed E-state index contributed by atoms with van der Waals surface area (Å²) in [6, 6.07) is 7.74. The molecule has 1 fully saturated rings. The van der Waals surface area contributed by atoms with Gasteiger partial charge in [-0.2, -0.15) is 0 Å². The van der Waals surface area contributed by atoms with Crippen LogP contribution in [0.15, 0.2) is 18.2 Å². The summed E-state index contributed by atoms with van der Waals surface area (Å²) < 4.78 is 0. The van der Waals surface area contributed by atoms with Crippen molar-refractivity contribution in [1.82, 2.24) is 9.80 Å². The summed E-state index contributed by atoms with van der Waals surface area (Å²) in [6.45, 7) is 7.06. The Kier molecular flexibility index (Phi) is 2.93. The third kappa shape index (κ3) is 2.24. The lowest BCUT2D eigenvalue weighted by atomic mass is 10.0. The minimum atomic E-state index is 0.805. The molecule has 92 valence electrons. The molecule has 0 spiro atoms. The Balaban J connectivity index is 1.69. The number of nitrogens with zero attached hydrogens (tertiary/aromatic N) is 2. The fourth-order valence-corrected chi connectivity index (χ4v) is 3.17. The van der Waals surface area contributed by atoms with Crippen LogP contribution in [-0.2, 0) is 13.1 Å². The van der Waals surface area contributed by atoms with Gasteiger partial charge in [0.2, 0.25) is 0 Å². The molecule has 1 aromatic rings. The molecule has 0 atom stereocenters. The van der Waals surface area contributed by atoms with E-state index in [-0.39, 0.29) is 0 Å². The number of likely N-dealkylation sites (tertiary alicyclic amines) is 1. The van der Waals surface area contributed by atoms with Crippen molar-refractivity contribution in [3.63, 3.8) is 0 Å². The van der Waals surface area contributed by atoms with Gasteiger partial charge in [-0.25, -0.2) is 0 Å². The number of rotatable bonds is 1. The molecular formula is C15H22N2. The van der Waals surface area contributed by atoms with Gasteiger partial charge in [-0.05, 0) is 51.0 Å². The molecule has 0 amide bonds. The highest BCUT2D eigenvalue weighted by Gasteiger charge is 2.27. The maximum Gasteiger partial charge on any atom is 0.0243 e. The largest absolute Gasteiger partial charge is 0.306 e. The highest BCUT2D eigenvalue weighted by molar-refractivity contribution is 5.34. The standard InChI is InChI=1S/C15H22N2/c1-12-3-4-13-10-17(11-14(13)9-12)15-5-7-16(2)8-6-15/h3-4,9,15H,5-8,10-11H2,1-2H3. The minimum Gasteiger partial charge on any atom is -0.306 e. The average Bonchev–Trinajstić information content (AvgIpc) is 2.72. The zero-order valence-electron chi connectivity index (χ0n) is 10.9. The lowest BCUT2D eigenvalue weighted by Gasteiger charge is -2.34. The third-order valence-corrected chi connectivity index (χ3v) is 4.31. The van der Waals surface area contributed by atoms with Crippen LogP contribution >= 0.6 is 0 Å². The molecule has 0 radical (unpaired) electrons. The Morgan fingerprint density at radius 2 is 1.76 bits per heavy atom. The number of hydrogen-bond donors (Lipinski definition) is 0. The number of fused-ring (bicyclic) bond motifs is 1. The lowest BCUT2D eigenvalue weighted by molar-refractivity contribution is 0.120. The van der Waals surface area contributed by atoms with Crippen molar-refractivity contribution in [3.8, 4) is 0 Å². The Morgan fingerprint density at radius 3 is 2.53 bits per heavy atom. The predicted molar refractivity (Wildman–Crippen MR) is 70.9 cm³/mol. The Labute approximate surface area is 104 Å². The monoisotopic (exact) mass is 230 g/mol. The molecule has 3 rings (SSSR count). The molecule has 2 heteroatoms. The van der Waals surface area contributed by atoms with E-state index in [1.54, 1.807) is 11.1 Å². The van der Waals surface area contributed by atoms with Gasteiger partial charge in [0.1, 0.15) is 0 Å². The third-order valence-electron chi connectivity index (χ3n) is 4.31. The van der Waals surface area contributed by atoms with E-state index < -0.39 is 0 Å². The van der Waals surface area contributed by atoms with E-state index >= 15 is 0 Å². The fraction of sp³-hybridized carbons (Fsp3) is 0.600. The molecule has 0 N–H and O–H groups in total.